The van der Waals surface area contributed by atoms with Crippen LogP contribution in [-0.4, -0.2) is 31.0 Å². The third kappa shape index (κ3) is 5.36. The molecule has 0 amide bonds. The van der Waals surface area contributed by atoms with Crippen LogP contribution in [0, 0.1) is 5.92 Å². The quantitative estimate of drug-likeness (QED) is 0.755. The van der Waals surface area contributed by atoms with E-state index in [0.29, 0.717) is 19.8 Å². The Bertz CT molecular complexity index is 215. The van der Waals surface area contributed by atoms with Crippen LogP contribution in [0.4, 0.5) is 0 Å². The first-order chi connectivity index (χ1) is 7.87. The fraction of sp³-hybridized carbons (Fsp3) is 1.00. The van der Waals surface area contributed by atoms with Crippen molar-refractivity contribution in [2.24, 2.45) is 11.7 Å². The molecule has 1 aliphatic rings. The second kappa shape index (κ2) is 6.17. The van der Waals surface area contributed by atoms with E-state index in [2.05, 4.69) is 27.7 Å². The van der Waals surface area contributed by atoms with Crippen molar-refractivity contribution < 1.29 is 9.47 Å². The van der Waals surface area contributed by atoms with Gasteiger partial charge in [0.05, 0.1) is 24.4 Å². The smallest absolute Gasteiger partial charge is 0.0805 e. The van der Waals surface area contributed by atoms with E-state index in [1.165, 1.54) is 12.8 Å². The summed E-state index contributed by atoms with van der Waals surface area (Å²) in [4.78, 5) is 0. The van der Waals surface area contributed by atoms with Crippen LogP contribution >= 0.6 is 0 Å². The highest BCUT2D eigenvalue weighted by Gasteiger charge is 2.33. The summed E-state index contributed by atoms with van der Waals surface area (Å²) in [6, 6.07) is 0. The largest absolute Gasteiger partial charge is 0.373 e. The van der Waals surface area contributed by atoms with Crippen molar-refractivity contribution in [3.8, 4) is 0 Å². The van der Waals surface area contributed by atoms with E-state index in [4.69, 9.17) is 15.2 Å². The highest BCUT2D eigenvalue weighted by atomic mass is 16.5. The lowest BCUT2D eigenvalue weighted by Gasteiger charge is -2.38. The average molecular weight is 243 g/mol. The highest BCUT2D eigenvalue weighted by Crippen LogP contribution is 2.33. The van der Waals surface area contributed by atoms with Gasteiger partial charge in [-0.05, 0) is 52.4 Å². The molecule has 0 heterocycles. The van der Waals surface area contributed by atoms with Crippen LogP contribution in [-0.2, 0) is 9.47 Å². The second-order valence-corrected chi connectivity index (χ2v) is 6.38. The van der Waals surface area contributed by atoms with Gasteiger partial charge in [0.25, 0.3) is 0 Å². The summed E-state index contributed by atoms with van der Waals surface area (Å²) in [7, 11) is 0. The fourth-order valence-corrected chi connectivity index (χ4v) is 2.30. The van der Waals surface area contributed by atoms with Crippen LogP contribution in [0.15, 0.2) is 0 Å². The van der Waals surface area contributed by atoms with Gasteiger partial charge in [0, 0.05) is 6.54 Å². The lowest BCUT2D eigenvalue weighted by Crippen LogP contribution is -2.44. The zero-order valence-corrected chi connectivity index (χ0v) is 11.9. The van der Waals surface area contributed by atoms with Crippen LogP contribution in [0.1, 0.15) is 53.4 Å². The van der Waals surface area contributed by atoms with Gasteiger partial charge in [0.2, 0.25) is 0 Å². The molecule has 0 unspecified atom stereocenters. The first kappa shape index (κ1) is 14.9. The molecule has 0 aliphatic heterocycles. The van der Waals surface area contributed by atoms with E-state index in [1.807, 2.05) is 0 Å². The fourth-order valence-electron chi connectivity index (χ4n) is 2.30. The molecule has 0 radical (unpaired) electrons. The number of hydrogen-bond donors (Lipinski definition) is 1. The Morgan fingerprint density at radius 2 is 1.76 bits per heavy atom. The Labute approximate surface area is 106 Å². The Hall–Kier alpha value is -0.120. The molecule has 1 aliphatic carbocycles. The van der Waals surface area contributed by atoms with Crippen molar-refractivity contribution in [1.82, 2.24) is 0 Å². The summed E-state index contributed by atoms with van der Waals surface area (Å²) in [6.07, 6.45) is 4.66. The molecule has 0 bridgehead atoms. The molecule has 17 heavy (non-hydrogen) atoms. The van der Waals surface area contributed by atoms with Gasteiger partial charge in [-0.15, -0.1) is 0 Å². The van der Waals surface area contributed by atoms with Crippen LogP contribution in [0.3, 0.4) is 0 Å². The summed E-state index contributed by atoms with van der Waals surface area (Å²) in [5.41, 5.74) is 5.73. The number of hydrogen-bond acceptors (Lipinski definition) is 3. The van der Waals surface area contributed by atoms with Crippen molar-refractivity contribution in [3.05, 3.63) is 0 Å². The first-order valence-corrected chi connectivity index (χ1v) is 6.85. The van der Waals surface area contributed by atoms with E-state index in [-0.39, 0.29) is 11.2 Å². The minimum absolute atomic E-state index is 0.0756. The van der Waals surface area contributed by atoms with E-state index < -0.39 is 0 Å². The molecular formula is C14H29NO2. The number of rotatable bonds is 5. The third-order valence-corrected chi connectivity index (χ3v) is 3.58. The molecule has 3 nitrogen and oxygen atoms in total. The topological polar surface area (TPSA) is 44.5 Å². The molecule has 0 aromatic rings. The molecule has 0 atom stereocenters. The molecule has 0 aromatic carbocycles. The molecular weight excluding hydrogens is 214 g/mol. The normalized spacial score (nSPS) is 30.5. The minimum Gasteiger partial charge on any atom is -0.373 e. The van der Waals surface area contributed by atoms with Crippen LogP contribution in [0.2, 0.25) is 0 Å². The standard InChI is InChI=1S/C14H29NO2/c1-12-5-7-14(11-15,8-6-12)17-10-9-16-13(2,3)4/h12H,5-11,15H2,1-4H3. The first-order valence-electron chi connectivity index (χ1n) is 6.85. The van der Waals surface area contributed by atoms with Gasteiger partial charge in [-0.2, -0.15) is 0 Å². The molecule has 0 saturated heterocycles. The third-order valence-electron chi connectivity index (χ3n) is 3.58. The van der Waals surface area contributed by atoms with Gasteiger partial charge in [0.15, 0.2) is 0 Å². The Balaban J connectivity index is 2.27. The van der Waals surface area contributed by atoms with Crippen LogP contribution in [0.5, 0.6) is 0 Å². The lowest BCUT2D eigenvalue weighted by atomic mass is 9.79. The van der Waals surface area contributed by atoms with E-state index in [1.54, 1.807) is 0 Å². The number of nitrogens with two attached hydrogens (primary N) is 1. The molecule has 0 aromatic heterocycles. The van der Waals surface area contributed by atoms with Crippen molar-refractivity contribution in [2.75, 3.05) is 19.8 Å². The summed E-state index contributed by atoms with van der Waals surface area (Å²) in [5.74, 6) is 0.823. The highest BCUT2D eigenvalue weighted by molar-refractivity contribution is 4.87. The van der Waals surface area contributed by atoms with E-state index in [0.717, 1.165) is 18.8 Å². The monoisotopic (exact) mass is 243 g/mol. The van der Waals surface area contributed by atoms with Crippen LogP contribution in [0.25, 0.3) is 0 Å². The van der Waals surface area contributed by atoms with Crippen LogP contribution < -0.4 is 5.73 Å². The SMILES string of the molecule is CC1CCC(CN)(OCCOC(C)(C)C)CC1. The maximum Gasteiger partial charge on any atom is 0.0805 e. The Morgan fingerprint density at radius 1 is 1.18 bits per heavy atom. The average Bonchev–Trinajstić information content (AvgIpc) is 2.26. The predicted octanol–water partition coefficient (Wildman–Crippen LogP) is 2.73. The second-order valence-electron chi connectivity index (χ2n) is 6.38. The van der Waals surface area contributed by atoms with Gasteiger partial charge in [-0.3, -0.25) is 0 Å². The van der Waals surface area contributed by atoms with Gasteiger partial charge in [-0.1, -0.05) is 6.92 Å². The lowest BCUT2D eigenvalue weighted by molar-refractivity contribution is -0.106. The van der Waals surface area contributed by atoms with Crippen molar-refractivity contribution in [2.45, 2.75) is 64.6 Å². The molecule has 1 rings (SSSR count). The minimum atomic E-state index is -0.0830. The molecule has 0 spiro atoms. The van der Waals surface area contributed by atoms with Gasteiger partial charge in [-0.25, -0.2) is 0 Å². The Morgan fingerprint density at radius 3 is 2.24 bits per heavy atom. The van der Waals surface area contributed by atoms with Gasteiger partial charge >= 0.3 is 0 Å². The molecule has 3 heteroatoms. The summed E-state index contributed by atoms with van der Waals surface area (Å²) in [5, 5.41) is 0. The predicted molar refractivity (Wildman–Crippen MR) is 71.1 cm³/mol. The molecule has 102 valence electrons. The maximum absolute atomic E-state index is 6.01. The molecule has 1 saturated carbocycles. The van der Waals surface area contributed by atoms with Crippen molar-refractivity contribution in [3.63, 3.8) is 0 Å². The zero-order valence-electron chi connectivity index (χ0n) is 11.9. The zero-order chi connectivity index (χ0) is 12.9. The summed E-state index contributed by atoms with van der Waals surface area (Å²) >= 11 is 0. The Kier molecular flexibility index (Phi) is 5.42. The van der Waals surface area contributed by atoms with Gasteiger partial charge < -0.3 is 15.2 Å². The van der Waals surface area contributed by atoms with E-state index >= 15 is 0 Å². The van der Waals surface area contributed by atoms with E-state index in [9.17, 15) is 0 Å². The molecule has 1 fully saturated rings. The van der Waals surface area contributed by atoms with Crippen molar-refractivity contribution >= 4 is 0 Å². The number of ether oxygens (including phenoxy) is 2. The summed E-state index contributed by atoms with van der Waals surface area (Å²) in [6.45, 7) is 10.4. The van der Waals surface area contributed by atoms with Crippen molar-refractivity contribution in [1.29, 1.82) is 0 Å². The maximum atomic E-state index is 6.01. The summed E-state index contributed by atoms with van der Waals surface area (Å²) < 4.78 is 11.7. The van der Waals surface area contributed by atoms with Gasteiger partial charge in [0.1, 0.15) is 0 Å². The molecule has 2 N–H and O–H groups in total.